The summed E-state index contributed by atoms with van der Waals surface area (Å²) in [4.78, 5) is 4.24. The predicted octanol–water partition coefficient (Wildman–Crippen LogP) is 20.2. The van der Waals surface area contributed by atoms with Crippen LogP contribution in [0.3, 0.4) is 0 Å². The highest BCUT2D eigenvalue weighted by Crippen LogP contribution is 2.54. The summed E-state index contributed by atoms with van der Waals surface area (Å²) in [5.41, 5.74) is 13.2. The van der Waals surface area contributed by atoms with Crippen LogP contribution in [0.1, 0.15) is 11.1 Å². The molecule has 0 spiro atoms. The molecule has 0 atom stereocenters. The van der Waals surface area contributed by atoms with Crippen LogP contribution in [0.15, 0.2) is 255 Å². The fourth-order valence-corrected chi connectivity index (χ4v) is 11.5. The normalized spacial score (nSPS) is 11.5. The van der Waals surface area contributed by atoms with E-state index in [1.165, 1.54) is 0 Å². The molecule has 2 nitrogen and oxygen atoms in total. The number of hydrogen-bond donors (Lipinski definition) is 0. The standard InChI is InChI=1S/C70H48F2N2/c1-45-39-63(73(53-31-17-7-18-32-53)69-59(49-27-13-5-14-28-49)41-51(43-61(69)71)47-23-9-3-10-24-47)57-37-38-58-64(40-46(2)66-56-36-22-21-35-55(56)65(45)67(57)68(58)66)74(54-33-19-8-20-34-54)70-60(50-29-15-6-16-30-50)42-52(44-62(70)72)48-25-11-4-12-26-48/h3-44H,1-2H3. The second-order valence-corrected chi connectivity index (χ2v) is 19.1. The molecule has 0 unspecified atom stereocenters. The van der Waals surface area contributed by atoms with Gasteiger partial charge in [-0.2, -0.15) is 0 Å². The van der Waals surface area contributed by atoms with Gasteiger partial charge in [-0.25, -0.2) is 8.78 Å². The van der Waals surface area contributed by atoms with Crippen LogP contribution < -0.4 is 9.80 Å². The van der Waals surface area contributed by atoms with Crippen LogP contribution in [0.25, 0.3) is 87.6 Å². The average Bonchev–Trinajstić information content (AvgIpc) is 3.48. The van der Waals surface area contributed by atoms with Crippen molar-refractivity contribution in [1.82, 2.24) is 0 Å². The predicted molar refractivity (Wildman–Crippen MR) is 308 cm³/mol. The van der Waals surface area contributed by atoms with Crippen molar-refractivity contribution < 1.29 is 8.78 Å². The Morgan fingerprint density at radius 1 is 0.270 bits per heavy atom. The van der Waals surface area contributed by atoms with Crippen molar-refractivity contribution in [3.8, 4) is 44.5 Å². The number of hydrogen-bond acceptors (Lipinski definition) is 2. The van der Waals surface area contributed by atoms with Gasteiger partial charge in [-0.05, 0) is 141 Å². The number of anilines is 6. The van der Waals surface area contributed by atoms with Gasteiger partial charge in [0.15, 0.2) is 0 Å². The fraction of sp³-hybridized carbons (Fsp3) is 0.0286. The molecule has 13 rings (SSSR count). The van der Waals surface area contributed by atoms with E-state index in [9.17, 15) is 0 Å². The van der Waals surface area contributed by atoms with E-state index in [1.807, 2.05) is 133 Å². The summed E-state index contributed by atoms with van der Waals surface area (Å²) in [5.74, 6) is -0.678. The number of benzene rings is 13. The van der Waals surface area contributed by atoms with Gasteiger partial charge in [0.25, 0.3) is 0 Å². The molecule has 13 aromatic rings. The van der Waals surface area contributed by atoms with Gasteiger partial charge in [0.05, 0.1) is 22.7 Å². The molecule has 13 aromatic carbocycles. The lowest BCUT2D eigenvalue weighted by Crippen LogP contribution is -2.15. The Labute approximate surface area is 429 Å². The van der Waals surface area contributed by atoms with Gasteiger partial charge < -0.3 is 9.80 Å². The van der Waals surface area contributed by atoms with Gasteiger partial charge in [-0.15, -0.1) is 0 Å². The van der Waals surface area contributed by atoms with Gasteiger partial charge in [0.1, 0.15) is 11.6 Å². The lowest BCUT2D eigenvalue weighted by Gasteiger charge is -2.33. The summed E-state index contributed by atoms with van der Waals surface area (Å²) >= 11 is 0. The zero-order valence-electron chi connectivity index (χ0n) is 40.9. The smallest absolute Gasteiger partial charge is 0.148 e. The Hall–Kier alpha value is -9.38. The number of para-hydroxylation sites is 2. The number of rotatable bonds is 10. The lowest BCUT2D eigenvalue weighted by atomic mass is 9.84. The van der Waals surface area contributed by atoms with Crippen molar-refractivity contribution in [2.45, 2.75) is 13.8 Å². The molecule has 0 fully saturated rings. The highest BCUT2D eigenvalue weighted by atomic mass is 19.1. The molecule has 0 bridgehead atoms. The highest BCUT2D eigenvalue weighted by molar-refractivity contribution is 6.38. The molecule has 0 heterocycles. The van der Waals surface area contributed by atoms with Gasteiger partial charge >= 0.3 is 0 Å². The molecule has 0 amide bonds. The van der Waals surface area contributed by atoms with Crippen LogP contribution in [-0.2, 0) is 0 Å². The van der Waals surface area contributed by atoms with Crippen molar-refractivity contribution in [3.05, 3.63) is 278 Å². The molecule has 0 saturated carbocycles. The van der Waals surface area contributed by atoms with Crippen molar-refractivity contribution in [3.63, 3.8) is 0 Å². The van der Waals surface area contributed by atoms with Crippen LogP contribution in [0.2, 0.25) is 0 Å². The Morgan fingerprint density at radius 3 is 0.932 bits per heavy atom. The van der Waals surface area contributed by atoms with Gasteiger partial charge in [-0.1, -0.05) is 194 Å². The first-order chi connectivity index (χ1) is 36.4. The monoisotopic (exact) mass is 954 g/mol. The van der Waals surface area contributed by atoms with E-state index in [1.54, 1.807) is 12.1 Å². The van der Waals surface area contributed by atoms with E-state index in [4.69, 9.17) is 0 Å². The molecule has 352 valence electrons. The Balaban J connectivity index is 1.14. The summed E-state index contributed by atoms with van der Waals surface area (Å²) in [6.45, 7) is 4.36. The molecular formula is C70H48F2N2. The van der Waals surface area contributed by atoms with Crippen molar-refractivity contribution in [2.75, 3.05) is 9.80 Å². The summed E-state index contributed by atoms with van der Waals surface area (Å²) in [5, 5.41) is 8.59. The summed E-state index contributed by atoms with van der Waals surface area (Å²) < 4.78 is 35.9. The molecule has 4 heteroatoms. The summed E-state index contributed by atoms with van der Waals surface area (Å²) in [6.07, 6.45) is 0. The Bertz CT molecular complexity index is 3930. The first-order valence-corrected chi connectivity index (χ1v) is 25.1. The average molecular weight is 955 g/mol. The third-order valence-electron chi connectivity index (χ3n) is 14.7. The highest BCUT2D eigenvalue weighted by Gasteiger charge is 2.30. The van der Waals surface area contributed by atoms with E-state index in [0.29, 0.717) is 11.4 Å². The molecular weight excluding hydrogens is 907 g/mol. The lowest BCUT2D eigenvalue weighted by molar-refractivity contribution is 0.629. The van der Waals surface area contributed by atoms with Gasteiger partial charge in [-0.3, -0.25) is 0 Å². The number of aryl methyl sites for hydroxylation is 2. The van der Waals surface area contributed by atoms with Crippen LogP contribution in [0, 0.1) is 25.5 Å². The minimum atomic E-state index is -0.339. The van der Waals surface area contributed by atoms with Crippen LogP contribution in [0.5, 0.6) is 0 Å². The topological polar surface area (TPSA) is 6.48 Å². The van der Waals surface area contributed by atoms with Crippen LogP contribution >= 0.6 is 0 Å². The van der Waals surface area contributed by atoms with Crippen molar-refractivity contribution in [2.24, 2.45) is 0 Å². The number of halogens is 2. The maximum Gasteiger partial charge on any atom is 0.148 e. The number of fused-ring (bicyclic) bond motifs is 3. The van der Waals surface area contributed by atoms with E-state index >= 15 is 8.78 Å². The number of nitrogens with zero attached hydrogens (tertiary/aromatic N) is 2. The van der Waals surface area contributed by atoms with E-state index in [-0.39, 0.29) is 11.6 Å². The quantitative estimate of drug-likeness (QED) is 0.0995. The van der Waals surface area contributed by atoms with E-state index in [2.05, 4.69) is 133 Å². The molecule has 0 aliphatic rings. The minimum absolute atomic E-state index is 0.339. The third kappa shape index (κ3) is 7.45. The van der Waals surface area contributed by atoms with E-state index in [0.717, 1.165) is 121 Å². The zero-order chi connectivity index (χ0) is 49.9. The molecule has 0 radical (unpaired) electrons. The molecule has 0 saturated heterocycles. The fourth-order valence-electron chi connectivity index (χ4n) is 11.5. The second kappa shape index (κ2) is 18.3. The maximum absolute atomic E-state index is 18.0. The largest absolute Gasteiger partial charge is 0.307 e. The SMILES string of the molecule is Cc1cc(N(c2ccccc2)c2c(F)cc(-c3ccccc3)cc2-c2ccccc2)c2ccc3c(N(c4ccccc4)c4c(F)cc(-c5ccccc5)cc4-c4ccccc4)cc(C)c4c5ccccc5c1c2c34. The summed E-state index contributed by atoms with van der Waals surface area (Å²) in [7, 11) is 0. The van der Waals surface area contributed by atoms with Crippen LogP contribution in [0.4, 0.5) is 42.9 Å². The molecule has 74 heavy (non-hydrogen) atoms. The maximum atomic E-state index is 18.0. The van der Waals surface area contributed by atoms with Gasteiger partial charge in [0, 0.05) is 44.0 Å². The first-order valence-electron chi connectivity index (χ1n) is 25.1. The van der Waals surface area contributed by atoms with Crippen molar-refractivity contribution >= 4 is 77.2 Å². The molecule has 0 aliphatic carbocycles. The Morgan fingerprint density at radius 2 is 0.581 bits per heavy atom. The zero-order valence-corrected chi connectivity index (χ0v) is 40.9. The van der Waals surface area contributed by atoms with Gasteiger partial charge in [0.2, 0.25) is 0 Å². The minimum Gasteiger partial charge on any atom is -0.307 e. The second-order valence-electron chi connectivity index (χ2n) is 19.1. The first kappa shape index (κ1) is 44.6. The third-order valence-corrected chi connectivity index (χ3v) is 14.7. The summed E-state index contributed by atoms with van der Waals surface area (Å²) in [6, 6.07) is 85.7. The van der Waals surface area contributed by atoms with Crippen LogP contribution in [-0.4, -0.2) is 0 Å². The molecule has 0 N–H and O–H groups in total. The van der Waals surface area contributed by atoms with Crippen molar-refractivity contribution in [1.29, 1.82) is 0 Å². The van der Waals surface area contributed by atoms with E-state index < -0.39 is 0 Å². The molecule has 0 aromatic heterocycles. The molecule has 0 aliphatic heterocycles. The Kier molecular flexibility index (Phi) is 11.0.